The van der Waals surface area contributed by atoms with Crippen LogP contribution in [0.2, 0.25) is 5.15 Å². The average molecular weight is 361 g/mol. The molecule has 2 heterocycles. The fourth-order valence-corrected chi connectivity index (χ4v) is 3.54. The number of aryl methyl sites for hydroxylation is 1. The minimum absolute atomic E-state index is 0.564. The van der Waals surface area contributed by atoms with E-state index in [-0.39, 0.29) is 0 Å². The van der Waals surface area contributed by atoms with E-state index in [2.05, 4.69) is 30.9 Å². The van der Waals surface area contributed by atoms with E-state index in [4.69, 9.17) is 11.6 Å². The number of pyridine rings is 1. The summed E-state index contributed by atoms with van der Waals surface area (Å²) in [7, 11) is 0. The Morgan fingerprint density at radius 3 is 2.81 bits per heavy atom. The largest absolute Gasteiger partial charge is 0.243 e. The molecular weight excluding hydrogens is 350 g/mol. The Morgan fingerprint density at radius 2 is 1.90 bits per heavy atom. The summed E-state index contributed by atoms with van der Waals surface area (Å²) in [6, 6.07) is 10.0. The molecule has 104 valence electrons. The van der Waals surface area contributed by atoms with Crippen molar-refractivity contribution in [1.82, 2.24) is 15.0 Å². The van der Waals surface area contributed by atoms with Crippen LogP contribution in [0, 0.1) is 0 Å². The molecular formula is C16H11BrClN3. The Morgan fingerprint density at radius 1 is 1.05 bits per heavy atom. The summed E-state index contributed by atoms with van der Waals surface area (Å²) in [6.07, 6.45) is 3.04. The monoisotopic (exact) mass is 359 g/mol. The Labute approximate surface area is 135 Å². The van der Waals surface area contributed by atoms with Gasteiger partial charge in [-0.1, -0.05) is 29.8 Å². The quantitative estimate of drug-likeness (QED) is 0.595. The Hall–Kier alpha value is -1.52. The summed E-state index contributed by atoms with van der Waals surface area (Å²) in [5, 5.41) is 1.65. The van der Waals surface area contributed by atoms with Crippen molar-refractivity contribution in [3.63, 3.8) is 0 Å². The summed E-state index contributed by atoms with van der Waals surface area (Å²) in [5.74, 6) is 0.596. The van der Waals surface area contributed by atoms with Crippen LogP contribution < -0.4 is 0 Å². The van der Waals surface area contributed by atoms with E-state index in [1.807, 2.05) is 30.3 Å². The van der Waals surface area contributed by atoms with Crippen LogP contribution in [-0.2, 0) is 12.8 Å². The molecule has 5 heteroatoms. The summed E-state index contributed by atoms with van der Waals surface area (Å²) < 4.78 is 0.884. The molecule has 0 spiro atoms. The highest BCUT2D eigenvalue weighted by Gasteiger charge is 2.20. The van der Waals surface area contributed by atoms with Crippen molar-refractivity contribution in [2.45, 2.75) is 19.3 Å². The topological polar surface area (TPSA) is 38.7 Å². The normalized spacial score (nSPS) is 13.6. The van der Waals surface area contributed by atoms with Crippen molar-refractivity contribution in [2.75, 3.05) is 0 Å². The lowest BCUT2D eigenvalue weighted by atomic mass is 10.2. The number of hydrogen-bond donors (Lipinski definition) is 0. The van der Waals surface area contributed by atoms with Gasteiger partial charge in [-0.3, -0.25) is 0 Å². The van der Waals surface area contributed by atoms with Gasteiger partial charge in [0.15, 0.2) is 5.82 Å². The average Bonchev–Trinajstić information content (AvgIpc) is 2.95. The van der Waals surface area contributed by atoms with Gasteiger partial charge in [-0.05, 0) is 47.3 Å². The summed E-state index contributed by atoms with van der Waals surface area (Å²) >= 11 is 9.87. The van der Waals surface area contributed by atoms with Crippen molar-refractivity contribution in [1.29, 1.82) is 0 Å². The van der Waals surface area contributed by atoms with E-state index in [0.29, 0.717) is 11.0 Å². The van der Waals surface area contributed by atoms with Crippen molar-refractivity contribution in [3.05, 3.63) is 51.2 Å². The third-order valence-corrected chi connectivity index (χ3v) is 4.69. The molecule has 1 aliphatic carbocycles. The lowest BCUT2D eigenvalue weighted by Gasteiger charge is -2.08. The van der Waals surface area contributed by atoms with Gasteiger partial charge < -0.3 is 0 Å². The number of hydrogen-bond acceptors (Lipinski definition) is 3. The number of benzene rings is 1. The zero-order valence-corrected chi connectivity index (χ0v) is 13.4. The zero-order chi connectivity index (χ0) is 14.4. The van der Waals surface area contributed by atoms with Gasteiger partial charge in [-0.25, -0.2) is 15.0 Å². The van der Waals surface area contributed by atoms with Crippen LogP contribution in [-0.4, -0.2) is 15.0 Å². The van der Waals surface area contributed by atoms with Crippen molar-refractivity contribution < 1.29 is 0 Å². The Balaban J connectivity index is 1.94. The van der Waals surface area contributed by atoms with Crippen LogP contribution in [0.15, 0.2) is 34.8 Å². The third-order valence-electron chi connectivity index (χ3n) is 3.77. The van der Waals surface area contributed by atoms with Crippen LogP contribution in [0.25, 0.3) is 22.4 Å². The second-order valence-electron chi connectivity index (χ2n) is 5.13. The maximum atomic E-state index is 6.30. The van der Waals surface area contributed by atoms with Crippen molar-refractivity contribution in [3.8, 4) is 11.5 Å². The Kier molecular flexibility index (Phi) is 3.16. The fourth-order valence-electron chi connectivity index (χ4n) is 2.74. The first-order chi connectivity index (χ1) is 10.2. The van der Waals surface area contributed by atoms with Crippen molar-refractivity contribution >= 4 is 38.4 Å². The first kappa shape index (κ1) is 13.2. The molecule has 0 saturated heterocycles. The highest BCUT2D eigenvalue weighted by Crippen LogP contribution is 2.32. The number of aromatic nitrogens is 3. The van der Waals surface area contributed by atoms with E-state index in [1.165, 1.54) is 0 Å². The minimum Gasteiger partial charge on any atom is -0.243 e. The minimum atomic E-state index is 0.564. The molecule has 3 aromatic rings. The molecule has 0 radical (unpaired) electrons. The van der Waals surface area contributed by atoms with Crippen LogP contribution in [0.5, 0.6) is 0 Å². The van der Waals surface area contributed by atoms with Crippen LogP contribution in [0.1, 0.15) is 17.7 Å². The van der Waals surface area contributed by atoms with Gasteiger partial charge in [-0.15, -0.1) is 0 Å². The number of halogens is 2. The van der Waals surface area contributed by atoms with Crippen LogP contribution >= 0.6 is 27.5 Å². The molecule has 0 saturated carbocycles. The first-order valence-electron chi connectivity index (χ1n) is 6.83. The Bertz CT molecular complexity index is 864. The maximum absolute atomic E-state index is 6.30. The molecule has 21 heavy (non-hydrogen) atoms. The molecule has 2 aromatic heterocycles. The number of rotatable bonds is 1. The second-order valence-corrected chi connectivity index (χ2v) is 6.34. The molecule has 0 N–H and O–H groups in total. The summed E-state index contributed by atoms with van der Waals surface area (Å²) in [5.41, 5.74) is 3.82. The second kappa shape index (κ2) is 5.04. The molecule has 0 atom stereocenters. The molecule has 0 aliphatic heterocycles. The van der Waals surface area contributed by atoms with E-state index >= 15 is 0 Å². The molecule has 0 bridgehead atoms. The van der Waals surface area contributed by atoms with Crippen LogP contribution in [0.3, 0.4) is 0 Å². The van der Waals surface area contributed by atoms with Gasteiger partial charge in [-0.2, -0.15) is 0 Å². The molecule has 4 rings (SSSR count). The van der Waals surface area contributed by atoms with Gasteiger partial charge in [0.25, 0.3) is 0 Å². The predicted octanol–water partition coefficient (Wildman–Crippen LogP) is 4.60. The third kappa shape index (κ3) is 2.23. The van der Waals surface area contributed by atoms with E-state index in [9.17, 15) is 0 Å². The van der Waals surface area contributed by atoms with E-state index in [1.54, 1.807) is 0 Å². The SMILES string of the molecule is Clc1nc(-c2nc3ccccc3cc2Br)nc2c1CCC2. The van der Waals surface area contributed by atoms with Gasteiger partial charge in [0, 0.05) is 21.1 Å². The van der Waals surface area contributed by atoms with E-state index in [0.717, 1.165) is 51.6 Å². The molecule has 1 aromatic carbocycles. The standard InChI is InChI=1S/C16H11BrClN3/c17-11-8-9-4-1-2-6-12(9)19-14(11)16-20-13-7-3-5-10(13)15(18)21-16/h1-2,4,6,8H,3,5,7H2. The molecule has 0 unspecified atom stereocenters. The highest BCUT2D eigenvalue weighted by molar-refractivity contribution is 9.10. The lowest BCUT2D eigenvalue weighted by Crippen LogP contribution is -1.99. The molecule has 3 nitrogen and oxygen atoms in total. The smallest absolute Gasteiger partial charge is 0.181 e. The summed E-state index contributed by atoms with van der Waals surface area (Å²) in [4.78, 5) is 13.8. The number of fused-ring (bicyclic) bond motifs is 2. The van der Waals surface area contributed by atoms with Gasteiger partial charge in [0.1, 0.15) is 10.8 Å². The first-order valence-corrected chi connectivity index (χ1v) is 8.00. The molecule has 1 aliphatic rings. The highest BCUT2D eigenvalue weighted by atomic mass is 79.9. The number of para-hydroxylation sites is 1. The summed E-state index contributed by atoms with van der Waals surface area (Å²) in [6.45, 7) is 0. The predicted molar refractivity (Wildman–Crippen MR) is 87.5 cm³/mol. The lowest BCUT2D eigenvalue weighted by molar-refractivity contribution is 0.899. The maximum Gasteiger partial charge on any atom is 0.181 e. The van der Waals surface area contributed by atoms with E-state index < -0.39 is 0 Å². The van der Waals surface area contributed by atoms with Crippen molar-refractivity contribution in [2.24, 2.45) is 0 Å². The fraction of sp³-hybridized carbons (Fsp3) is 0.188. The van der Waals surface area contributed by atoms with Gasteiger partial charge in [0.05, 0.1) is 5.52 Å². The molecule has 0 fully saturated rings. The van der Waals surface area contributed by atoms with Gasteiger partial charge >= 0.3 is 0 Å². The zero-order valence-electron chi connectivity index (χ0n) is 11.1. The number of nitrogens with zero attached hydrogens (tertiary/aromatic N) is 3. The molecule has 0 amide bonds. The van der Waals surface area contributed by atoms with Gasteiger partial charge in [0.2, 0.25) is 0 Å². The van der Waals surface area contributed by atoms with Crippen LogP contribution in [0.4, 0.5) is 0 Å².